The zero-order valence-corrected chi connectivity index (χ0v) is 17.5. The van der Waals surface area contributed by atoms with Crippen molar-refractivity contribution in [1.29, 1.82) is 0 Å². The van der Waals surface area contributed by atoms with E-state index in [1.165, 1.54) is 18.4 Å². The quantitative estimate of drug-likeness (QED) is 0.847. The largest absolute Gasteiger partial charge is 0.351 e. The molecule has 2 amide bonds. The van der Waals surface area contributed by atoms with Gasteiger partial charge in [-0.05, 0) is 63.7 Å². The molecule has 1 atom stereocenters. The van der Waals surface area contributed by atoms with Crippen LogP contribution in [0.1, 0.15) is 56.6 Å². The Morgan fingerprint density at radius 1 is 1.04 bits per heavy atom. The van der Waals surface area contributed by atoms with Crippen LogP contribution in [0.4, 0.5) is 0 Å². The first kappa shape index (κ1) is 20.8. The smallest absolute Gasteiger partial charge is 0.237 e. The van der Waals surface area contributed by atoms with Gasteiger partial charge in [-0.15, -0.1) is 0 Å². The van der Waals surface area contributed by atoms with Crippen molar-refractivity contribution in [2.24, 2.45) is 5.92 Å². The van der Waals surface area contributed by atoms with Gasteiger partial charge in [0.05, 0.1) is 6.04 Å². The summed E-state index contributed by atoms with van der Waals surface area (Å²) < 4.78 is 0. The number of benzene rings is 1. The molecular weight excluding hydrogens is 350 g/mol. The molecule has 0 aromatic heterocycles. The number of hydrogen-bond acceptors (Lipinski definition) is 3. The van der Waals surface area contributed by atoms with Crippen molar-refractivity contribution in [3.63, 3.8) is 0 Å². The lowest BCUT2D eigenvalue weighted by Crippen LogP contribution is -2.50. The van der Waals surface area contributed by atoms with Crippen LogP contribution in [0, 0.1) is 12.8 Å². The van der Waals surface area contributed by atoms with Crippen molar-refractivity contribution < 1.29 is 9.59 Å². The van der Waals surface area contributed by atoms with Gasteiger partial charge in [0, 0.05) is 25.6 Å². The molecule has 1 unspecified atom stereocenters. The lowest BCUT2D eigenvalue weighted by atomic mass is 9.94. The van der Waals surface area contributed by atoms with Crippen LogP contribution in [0.15, 0.2) is 24.3 Å². The molecule has 2 aliphatic heterocycles. The molecular formula is C23H35N3O2. The van der Waals surface area contributed by atoms with Gasteiger partial charge < -0.3 is 10.2 Å². The SMILES string of the molecule is Cc1ccccc1CNC(=O)C(C)N1CCC(C(=O)N2CCCCCC2)CC1. The second-order valence-electron chi connectivity index (χ2n) is 8.37. The third-order valence-corrected chi connectivity index (χ3v) is 6.44. The predicted molar refractivity (Wildman–Crippen MR) is 112 cm³/mol. The fraction of sp³-hybridized carbons (Fsp3) is 0.652. The van der Waals surface area contributed by atoms with E-state index in [0.717, 1.165) is 57.4 Å². The number of piperidine rings is 1. The Kier molecular flexibility index (Phi) is 7.49. The molecule has 28 heavy (non-hydrogen) atoms. The first-order valence-electron chi connectivity index (χ1n) is 10.9. The normalized spacial score (nSPS) is 20.4. The molecule has 5 heteroatoms. The Morgan fingerprint density at radius 3 is 2.32 bits per heavy atom. The van der Waals surface area contributed by atoms with E-state index in [2.05, 4.69) is 34.2 Å². The Bertz CT molecular complexity index is 660. The number of hydrogen-bond donors (Lipinski definition) is 1. The van der Waals surface area contributed by atoms with E-state index in [0.29, 0.717) is 12.5 Å². The topological polar surface area (TPSA) is 52.7 Å². The number of aryl methyl sites for hydroxylation is 1. The number of nitrogens with one attached hydrogen (secondary N) is 1. The fourth-order valence-electron chi connectivity index (χ4n) is 4.39. The maximum atomic E-state index is 12.8. The van der Waals surface area contributed by atoms with E-state index in [4.69, 9.17) is 0 Å². The van der Waals surface area contributed by atoms with Crippen molar-refractivity contribution in [2.45, 2.75) is 65.0 Å². The minimum absolute atomic E-state index is 0.0700. The average molecular weight is 386 g/mol. The summed E-state index contributed by atoms with van der Waals surface area (Å²) in [5, 5.41) is 3.07. The molecule has 2 saturated heterocycles. The summed E-state index contributed by atoms with van der Waals surface area (Å²) in [6, 6.07) is 7.99. The van der Waals surface area contributed by atoms with Crippen LogP contribution in [0.2, 0.25) is 0 Å². The number of nitrogens with zero attached hydrogens (tertiary/aromatic N) is 2. The summed E-state index contributed by atoms with van der Waals surface area (Å²) in [5.41, 5.74) is 2.35. The van der Waals surface area contributed by atoms with Crippen molar-refractivity contribution in [2.75, 3.05) is 26.2 Å². The van der Waals surface area contributed by atoms with Gasteiger partial charge in [-0.3, -0.25) is 14.5 Å². The molecule has 0 aliphatic carbocycles. The van der Waals surface area contributed by atoms with Crippen molar-refractivity contribution in [3.05, 3.63) is 35.4 Å². The first-order valence-corrected chi connectivity index (χ1v) is 10.9. The van der Waals surface area contributed by atoms with E-state index in [1.54, 1.807) is 0 Å². The van der Waals surface area contributed by atoms with Crippen molar-refractivity contribution in [3.8, 4) is 0 Å². The summed E-state index contributed by atoms with van der Waals surface area (Å²) in [4.78, 5) is 29.7. The molecule has 1 N–H and O–H groups in total. The molecule has 0 spiro atoms. The summed E-state index contributed by atoms with van der Waals surface area (Å²) >= 11 is 0. The van der Waals surface area contributed by atoms with Crippen LogP contribution in [0.5, 0.6) is 0 Å². The van der Waals surface area contributed by atoms with Crippen LogP contribution in [0.25, 0.3) is 0 Å². The molecule has 3 rings (SSSR count). The van der Waals surface area contributed by atoms with Gasteiger partial charge in [0.1, 0.15) is 0 Å². The van der Waals surface area contributed by atoms with Gasteiger partial charge in [0.2, 0.25) is 11.8 Å². The highest BCUT2D eigenvalue weighted by molar-refractivity contribution is 5.81. The molecule has 0 bridgehead atoms. The van der Waals surface area contributed by atoms with E-state index >= 15 is 0 Å². The average Bonchev–Trinajstić information content (AvgIpc) is 3.01. The first-order chi connectivity index (χ1) is 13.6. The van der Waals surface area contributed by atoms with Gasteiger partial charge in [0.25, 0.3) is 0 Å². The second-order valence-corrected chi connectivity index (χ2v) is 8.37. The van der Waals surface area contributed by atoms with Crippen molar-refractivity contribution >= 4 is 11.8 Å². The van der Waals surface area contributed by atoms with Crippen LogP contribution < -0.4 is 5.32 Å². The lowest BCUT2D eigenvalue weighted by Gasteiger charge is -2.36. The van der Waals surface area contributed by atoms with Crippen molar-refractivity contribution in [1.82, 2.24) is 15.1 Å². The maximum absolute atomic E-state index is 12.8. The number of amides is 2. The van der Waals surface area contributed by atoms with Crippen LogP contribution >= 0.6 is 0 Å². The van der Waals surface area contributed by atoms with E-state index in [-0.39, 0.29) is 17.9 Å². The number of likely N-dealkylation sites (tertiary alicyclic amines) is 2. The van der Waals surface area contributed by atoms with E-state index < -0.39 is 0 Å². The third kappa shape index (κ3) is 5.34. The molecule has 1 aromatic carbocycles. The summed E-state index contributed by atoms with van der Waals surface area (Å²) in [6.07, 6.45) is 6.51. The highest BCUT2D eigenvalue weighted by Crippen LogP contribution is 2.23. The third-order valence-electron chi connectivity index (χ3n) is 6.44. The van der Waals surface area contributed by atoms with Gasteiger partial charge in [-0.2, -0.15) is 0 Å². The Morgan fingerprint density at radius 2 is 1.68 bits per heavy atom. The summed E-state index contributed by atoms with van der Waals surface area (Å²) in [7, 11) is 0. The minimum Gasteiger partial charge on any atom is -0.351 e. The summed E-state index contributed by atoms with van der Waals surface area (Å²) in [6.45, 7) is 8.11. The van der Waals surface area contributed by atoms with Crippen LogP contribution in [-0.4, -0.2) is 53.8 Å². The fourth-order valence-corrected chi connectivity index (χ4v) is 4.39. The number of rotatable bonds is 5. The zero-order chi connectivity index (χ0) is 19.9. The van der Waals surface area contributed by atoms with E-state index in [1.807, 2.05) is 19.1 Å². The maximum Gasteiger partial charge on any atom is 0.237 e. The van der Waals surface area contributed by atoms with Gasteiger partial charge >= 0.3 is 0 Å². The monoisotopic (exact) mass is 385 g/mol. The molecule has 1 aromatic rings. The van der Waals surface area contributed by atoms with Gasteiger partial charge in [-0.1, -0.05) is 37.1 Å². The lowest BCUT2D eigenvalue weighted by molar-refractivity contribution is -0.137. The summed E-state index contributed by atoms with van der Waals surface area (Å²) in [5.74, 6) is 0.551. The second kappa shape index (κ2) is 10.1. The molecule has 2 aliphatic rings. The molecule has 0 radical (unpaired) electrons. The number of carbonyl (C=O) groups is 2. The minimum atomic E-state index is -0.154. The standard InChI is InChI=1S/C23H35N3O2/c1-18-9-5-6-10-21(18)17-24-22(27)19(2)25-15-11-20(12-16-25)23(28)26-13-7-3-4-8-14-26/h5-6,9-10,19-20H,3-4,7-8,11-17H2,1-2H3,(H,24,27). The van der Waals surface area contributed by atoms with Crippen LogP contribution in [-0.2, 0) is 16.1 Å². The molecule has 5 nitrogen and oxygen atoms in total. The molecule has 2 fully saturated rings. The van der Waals surface area contributed by atoms with Crippen LogP contribution in [0.3, 0.4) is 0 Å². The highest BCUT2D eigenvalue weighted by Gasteiger charge is 2.31. The molecule has 0 saturated carbocycles. The Balaban J connectivity index is 1.45. The number of carbonyl (C=O) groups excluding carboxylic acids is 2. The Hall–Kier alpha value is -1.88. The van der Waals surface area contributed by atoms with Gasteiger partial charge in [0.15, 0.2) is 0 Å². The molecule has 154 valence electrons. The zero-order valence-electron chi connectivity index (χ0n) is 17.5. The molecule has 2 heterocycles. The van der Waals surface area contributed by atoms with Gasteiger partial charge in [-0.25, -0.2) is 0 Å². The Labute approximate surface area is 169 Å². The van der Waals surface area contributed by atoms with E-state index in [9.17, 15) is 9.59 Å². The predicted octanol–water partition coefficient (Wildman–Crippen LogP) is 3.11. The highest BCUT2D eigenvalue weighted by atomic mass is 16.2.